The molecule has 154 valence electrons. The van der Waals surface area contributed by atoms with E-state index in [4.69, 9.17) is 0 Å². The maximum atomic E-state index is 13.3. The molecular weight excluding hydrogens is 376 g/mol. The van der Waals surface area contributed by atoms with Gasteiger partial charge in [0.2, 0.25) is 0 Å². The highest BCUT2D eigenvalue weighted by Gasteiger charge is 2.34. The van der Waals surface area contributed by atoms with Gasteiger partial charge in [0.05, 0.1) is 11.1 Å². The number of nitrogens with zero attached hydrogens (tertiary/aromatic N) is 1. The first-order chi connectivity index (χ1) is 14.6. The molecule has 2 unspecified atom stereocenters. The molecule has 6 heteroatoms. The lowest BCUT2D eigenvalue weighted by Crippen LogP contribution is -2.30. The zero-order valence-electron chi connectivity index (χ0n) is 17.0. The average molecular weight is 402 g/mol. The number of anilines is 1. The van der Waals surface area contributed by atoms with Crippen molar-refractivity contribution < 1.29 is 9.59 Å². The minimum atomic E-state index is -0.313. The van der Waals surface area contributed by atoms with Crippen LogP contribution in [0.3, 0.4) is 0 Å². The molecule has 0 fully saturated rings. The summed E-state index contributed by atoms with van der Waals surface area (Å²) in [7, 11) is 0. The molecular formula is C24H26N4O2. The predicted octanol–water partition coefficient (Wildman–Crippen LogP) is 3.83. The normalized spacial score (nSPS) is 18.5. The monoisotopic (exact) mass is 402 g/mol. The molecule has 3 N–H and O–H groups in total. The molecule has 0 bridgehead atoms. The first-order valence-electron chi connectivity index (χ1n) is 10.3. The van der Waals surface area contributed by atoms with Gasteiger partial charge in [0.1, 0.15) is 5.82 Å². The largest absolute Gasteiger partial charge is 0.364 e. The first kappa shape index (κ1) is 20.0. The smallest absolute Gasteiger partial charge is 0.259 e. The van der Waals surface area contributed by atoms with Crippen LogP contribution in [-0.4, -0.2) is 28.2 Å². The van der Waals surface area contributed by atoms with E-state index in [1.54, 1.807) is 30.6 Å². The Kier molecular flexibility index (Phi) is 6.05. The number of nitrogens with one attached hydrogen (secondary N) is 3. The van der Waals surface area contributed by atoms with E-state index in [9.17, 15) is 9.59 Å². The number of benzene rings is 1. The standard InChI is InChI=1S/C24H26N4O2/c1-16-18(14-25-13-17-7-3-2-4-8-17)10-11-20-22(23(16)29)19(15-27-20)24(30)28-21-9-5-6-12-26-21/h2-9,12,15-16,18,25,27H,10-11,13-14H2,1H3,(H,26,28,30). The Morgan fingerprint density at radius 2 is 1.97 bits per heavy atom. The number of hydrogen-bond acceptors (Lipinski definition) is 4. The highest BCUT2D eigenvalue weighted by atomic mass is 16.2. The zero-order chi connectivity index (χ0) is 20.9. The van der Waals surface area contributed by atoms with Crippen LogP contribution in [0.2, 0.25) is 0 Å². The molecule has 0 spiro atoms. The zero-order valence-corrected chi connectivity index (χ0v) is 17.0. The van der Waals surface area contributed by atoms with Crippen molar-refractivity contribution in [3.05, 3.63) is 83.3 Å². The molecule has 0 aliphatic heterocycles. The molecule has 0 radical (unpaired) electrons. The fourth-order valence-corrected chi connectivity index (χ4v) is 4.04. The topological polar surface area (TPSA) is 86.9 Å². The van der Waals surface area contributed by atoms with Gasteiger partial charge in [0.15, 0.2) is 5.78 Å². The number of Topliss-reactive ketones (excluding diaryl/α,β-unsaturated/α-hetero) is 1. The quantitative estimate of drug-likeness (QED) is 0.547. The number of fused-ring (bicyclic) bond motifs is 1. The maximum Gasteiger partial charge on any atom is 0.259 e. The van der Waals surface area contributed by atoms with E-state index in [1.807, 2.05) is 25.1 Å². The lowest BCUT2D eigenvalue weighted by atomic mass is 9.86. The van der Waals surface area contributed by atoms with E-state index in [0.717, 1.165) is 31.6 Å². The van der Waals surface area contributed by atoms with Crippen LogP contribution in [0, 0.1) is 11.8 Å². The van der Waals surface area contributed by atoms with Crippen LogP contribution in [-0.2, 0) is 13.0 Å². The number of aryl methyl sites for hydroxylation is 1. The molecule has 0 saturated carbocycles. The first-order valence-corrected chi connectivity index (χ1v) is 10.3. The summed E-state index contributed by atoms with van der Waals surface area (Å²) in [5.41, 5.74) is 3.00. The average Bonchev–Trinajstić information content (AvgIpc) is 3.16. The van der Waals surface area contributed by atoms with E-state index >= 15 is 0 Å². The number of aromatic amines is 1. The van der Waals surface area contributed by atoms with Crippen molar-refractivity contribution in [3.8, 4) is 0 Å². The summed E-state index contributed by atoms with van der Waals surface area (Å²) in [4.78, 5) is 33.4. The third-order valence-corrected chi connectivity index (χ3v) is 5.82. The summed E-state index contributed by atoms with van der Waals surface area (Å²) in [6.07, 6.45) is 4.90. The summed E-state index contributed by atoms with van der Waals surface area (Å²) < 4.78 is 0. The van der Waals surface area contributed by atoms with Gasteiger partial charge in [0, 0.05) is 30.6 Å². The van der Waals surface area contributed by atoms with E-state index in [0.29, 0.717) is 16.9 Å². The van der Waals surface area contributed by atoms with Crippen LogP contribution >= 0.6 is 0 Å². The third-order valence-electron chi connectivity index (χ3n) is 5.82. The van der Waals surface area contributed by atoms with Crippen molar-refractivity contribution in [2.75, 3.05) is 11.9 Å². The Morgan fingerprint density at radius 3 is 2.73 bits per heavy atom. The van der Waals surface area contributed by atoms with Crippen LogP contribution < -0.4 is 10.6 Å². The van der Waals surface area contributed by atoms with E-state index in [1.165, 1.54) is 5.56 Å². The molecule has 1 aliphatic carbocycles. The fourth-order valence-electron chi connectivity index (χ4n) is 4.04. The number of H-pyrrole nitrogens is 1. The number of carbonyl (C=O) groups is 2. The number of amides is 1. The van der Waals surface area contributed by atoms with Gasteiger partial charge in [0.25, 0.3) is 5.91 Å². The molecule has 2 aromatic heterocycles. The second-order valence-electron chi connectivity index (χ2n) is 7.79. The molecule has 2 atom stereocenters. The molecule has 1 amide bonds. The minimum absolute atomic E-state index is 0.0291. The van der Waals surface area contributed by atoms with E-state index < -0.39 is 0 Å². The molecule has 0 saturated heterocycles. The highest BCUT2D eigenvalue weighted by molar-refractivity contribution is 6.13. The lowest BCUT2D eigenvalue weighted by Gasteiger charge is -2.21. The van der Waals surface area contributed by atoms with Crippen molar-refractivity contribution >= 4 is 17.5 Å². The van der Waals surface area contributed by atoms with Crippen LogP contribution in [0.25, 0.3) is 0 Å². The van der Waals surface area contributed by atoms with Crippen molar-refractivity contribution in [1.82, 2.24) is 15.3 Å². The molecule has 1 aliphatic rings. The van der Waals surface area contributed by atoms with Crippen molar-refractivity contribution in [2.45, 2.75) is 26.3 Å². The predicted molar refractivity (Wildman–Crippen MR) is 116 cm³/mol. The van der Waals surface area contributed by atoms with Crippen molar-refractivity contribution in [3.63, 3.8) is 0 Å². The van der Waals surface area contributed by atoms with Crippen molar-refractivity contribution in [2.24, 2.45) is 11.8 Å². The number of hydrogen-bond donors (Lipinski definition) is 3. The highest BCUT2D eigenvalue weighted by Crippen LogP contribution is 2.31. The van der Waals surface area contributed by atoms with Crippen LogP contribution in [0.15, 0.2) is 60.9 Å². The second-order valence-corrected chi connectivity index (χ2v) is 7.79. The number of rotatable bonds is 6. The van der Waals surface area contributed by atoms with E-state index in [2.05, 4.69) is 32.7 Å². The minimum Gasteiger partial charge on any atom is -0.364 e. The summed E-state index contributed by atoms with van der Waals surface area (Å²) >= 11 is 0. The summed E-state index contributed by atoms with van der Waals surface area (Å²) in [5.74, 6) is 0.240. The van der Waals surface area contributed by atoms with Crippen LogP contribution in [0.5, 0.6) is 0 Å². The Morgan fingerprint density at radius 1 is 1.17 bits per heavy atom. The summed E-state index contributed by atoms with van der Waals surface area (Å²) in [6, 6.07) is 15.6. The van der Waals surface area contributed by atoms with Crippen LogP contribution in [0.4, 0.5) is 5.82 Å². The Balaban J connectivity index is 1.45. The lowest BCUT2D eigenvalue weighted by molar-refractivity contribution is 0.0881. The van der Waals surface area contributed by atoms with Gasteiger partial charge in [-0.25, -0.2) is 4.98 Å². The van der Waals surface area contributed by atoms with Gasteiger partial charge in [-0.05, 0) is 43.0 Å². The van der Waals surface area contributed by atoms with Gasteiger partial charge >= 0.3 is 0 Å². The molecule has 3 aromatic rings. The molecule has 1 aromatic carbocycles. The Bertz CT molecular complexity index is 1010. The molecule has 4 rings (SSSR count). The maximum absolute atomic E-state index is 13.3. The Hall–Kier alpha value is -3.25. The fraction of sp³-hybridized carbons (Fsp3) is 0.292. The Labute approximate surface area is 176 Å². The van der Waals surface area contributed by atoms with Gasteiger partial charge in [-0.15, -0.1) is 0 Å². The molecule has 30 heavy (non-hydrogen) atoms. The number of ketones is 1. The summed E-state index contributed by atoms with van der Waals surface area (Å²) in [6.45, 7) is 3.52. The number of pyridine rings is 1. The number of aromatic nitrogens is 2. The van der Waals surface area contributed by atoms with Gasteiger partial charge in [-0.3, -0.25) is 9.59 Å². The SMILES string of the molecule is CC1C(=O)c2c(C(=O)Nc3ccccn3)c[nH]c2CCC1CNCc1ccccc1. The molecule has 6 nitrogen and oxygen atoms in total. The van der Waals surface area contributed by atoms with Gasteiger partial charge in [-0.1, -0.05) is 43.3 Å². The third kappa shape index (κ3) is 4.33. The molecule has 2 heterocycles. The summed E-state index contributed by atoms with van der Waals surface area (Å²) in [5, 5.41) is 6.27. The van der Waals surface area contributed by atoms with Crippen LogP contribution in [0.1, 0.15) is 45.3 Å². The number of carbonyl (C=O) groups excluding carboxylic acids is 2. The van der Waals surface area contributed by atoms with Crippen molar-refractivity contribution in [1.29, 1.82) is 0 Å². The van der Waals surface area contributed by atoms with E-state index in [-0.39, 0.29) is 23.5 Å². The van der Waals surface area contributed by atoms with Gasteiger partial charge in [-0.2, -0.15) is 0 Å². The van der Waals surface area contributed by atoms with Gasteiger partial charge < -0.3 is 15.6 Å². The second kappa shape index (κ2) is 9.05.